The van der Waals surface area contributed by atoms with E-state index >= 15 is 4.39 Å². The van der Waals surface area contributed by atoms with Crippen molar-refractivity contribution >= 4 is 81.2 Å². The number of Topliss-reactive ketones (excluding diaryl/α,β-unsaturated/α-hetero) is 2. The summed E-state index contributed by atoms with van der Waals surface area (Å²) in [5, 5.41) is 3.25. The van der Waals surface area contributed by atoms with Gasteiger partial charge < -0.3 is 5.32 Å². The highest BCUT2D eigenvalue weighted by molar-refractivity contribution is 6.53. The number of anilines is 1. The molecule has 1 fully saturated rings. The lowest BCUT2D eigenvalue weighted by Gasteiger charge is -2.12. The largest absolute Gasteiger partial charge is 0.326 e. The molecule has 3 aromatic carbocycles. The quantitative estimate of drug-likeness (QED) is 0.123. The summed E-state index contributed by atoms with van der Waals surface area (Å²) in [6.45, 7) is 0.642. The van der Waals surface area contributed by atoms with Crippen molar-refractivity contribution in [3.63, 3.8) is 0 Å². The fourth-order valence-electron chi connectivity index (χ4n) is 4.67. The van der Waals surface area contributed by atoms with Crippen molar-refractivity contribution in [2.75, 3.05) is 5.32 Å². The minimum Gasteiger partial charge on any atom is -0.326 e. The van der Waals surface area contributed by atoms with E-state index in [1.54, 1.807) is 18.2 Å². The predicted molar refractivity (Wildman–Crippen MR) is 160 cm³/mol. The molecule has 1 amide bonds. The Morgan fingerprint density at radius 2 is 1.58 bits per heavy atom. The highest BCUT2D eigenvalue weighted by Crippen LogP contribution is 2.65. The van der Waals surface area contributed by atoms with Crippen LogP contribution in [0.25, 0.3) is 0 Å². The van der Waals surface area contributed by atoms with Crippen LogP contribution in [0.1, 0.15) is 52.7 Å². The van der Waals surface area contributed by atoms with Crippen molar-refractivity contribution in [1.82, 2.24) is 0 Å². The van der Waals surface area contributed by atoms with Gasteiger partial charge in [0, 0.05) is 48.4 Å². The Labute approximate surface area is 269 Å². The first-order valence-corrected chi connectivity index (χ1v) is 14.7. The van der Waals surface area contributed by atoms with Crippen LogP contribution in [-0.2, 0) is 22.4 Å². The van der Waals surface area contributed by atoms with E-state index in [0.29, 0.717) is 17.5 Å². The van der Waals surface area contributed by atoms with Gasteiger partial charge in [0.05, 0.1) is 21.0 Å². The van der Waals surface area contributed by atoms with Crippen LogP contribution in [0.4, 0.5) is 23.2 Å². The zero-order chi connectivity index (χ0) is 31.9. The SMILES string of the molecule is CC(F)(F)CCC(=O)Cc1c(F)ccc(CC(=O)c2cc(NC(=O)[C@H]3[C@H](c4ccc(Cl)c(Cl)c4)C3(Cl)Cl)ccc2Cl)c1F. The Balaban J connectivity index is 1.48. The molecule has 0 heterocycles. The van der Waals surface area contributed by atoms with Gasteiger partial charge in [0.25, 0.3) is 0 Å². The highest BCUT2D eigenvalue weighted by Gasteiger charge is 2.67. The van der Waals surface area contributed by atoms with Crippen LogP contribution < -0.4 is 5.32 Å². The summed E-state index contributed by atoms with van der Waals surface area (Å²) in [4.78, 5) is 38.3. The lowest BCUT2D eigenvalue weighted by molar-refractivity contribution is -0.120. The summed E-state index contributed by atoms with van der Waals surface area (Å²) < 4.78 is 54.2. The molecular weight excluding hydrogens is 676 g/mol. The monoisotopic (exact) mass is 695 g/mol. The second-order valence-corrected chi connectivity index (χ2v) is 13.0. The zero-order valence-corrected chi connectivity index (χ0v) is 26.0. The van der Waals surface area contributed by atoms with Gasteiger partial charge in [-0.15, -0.1) is 23.2 Å². The number of nitrogens with one attached hydrogen (secondary N) is 1. The first-order chi connectivity index (χ1) is 20.0. The van der Waals surface area contributed by atoms with Crippen LogP contribution in [0.15, 0.2) is 48.5 Å². The van der Waals surface area contributed by atoms with E-state index in [0.717, 1.165) is 12.1 Å². The number of halogens is 9. The number of ketones is 2. The Kier molecular flexibility index (Phi) is 10.1. The molecule has 2 atom stereocenters. The van der Waals surface area contributed by atoms with Gasteiger partial charge in [0.15, 0.2) is 5.78 Å². The number of hydrogen-bond acceptors (Lipinski definition) is 3. The number of hydrogen-bond donors (Lipinski definition) is 1. The third-order valence-corrected chi connectivity index (χ3v) is 9.02. The van der Waals surface area contributed by atoms with E-state index in [1.807, 2.05) is 0 Å². The van der Waals surface area contributed by atoms with Crippen LogP contribution >= 0.6 is 58.0 Å². The summed E-state index contributed by atoms with van der Waals surface area (Å²) in [7, 11) is 0. The topological polar surface area (TPSA) is 63.2 Å². The molecule has 1 saturated carbocycles. The molecule has 1 N–H and O–H groups in total. The molecular formula is C30H22Cl5F4NO3. The summed E-state index contributed by atoms with van der Waals surface area (Å²) in [5.41, 5.74) is -0.117. The van der Waals surface area contributed by atoms with Crippen LogP contribution in [-0.4, -0.2) is 27.7 Å². The molecule has 0 bridgehead atoms. The average molecular weight is 698 g/mol. The van der Waals surface area contributed by atoms with Crippen molar-refractivity contribution in [3.8, 4) is 0 Å². The first kappa shape index (κ1) is 33.5. The molecule has 4 rings (SSSR count). The van der Waals surface area contributed by atoms with Gasteiger partial charge in [0.1, 0.15) is 21.8 Å². The fraction of sp³-hybridized carbons (Fsp3) is 0.300. The average Bonchev–Trinajstić information content (AvgIpc) is 3.50. The lowest BCUT2D eigenvalue weighted by Crippen LogP contribution is -2.18. The fourth-order valence-corrected chi connectivity index (χ4v) is 6.03. The molecule has 4 nitrogen and oxygen atoms in total. The minimum atomic E-state index is -3.10. The Morgan fingerprint density at radius 3 is 2.23 bits per heavy atom. The third kappa shape index (κ3) is 7.84. The molecule has 0 saturated heterocycles. The van der Waals surface area contributed by atoms with E-state index in [4.69, 9.17) is 58.0 Å². The van der Waals surface area contributed by atoms with Crippen molar-refractivity contribution < 1.29 is 31.9 Å². The molecule has 0 aromatic heterocycles. The molecule has 1 aliphatic carbocycles. The Hall–Kier alpha value is -2.36. The number of benzene rings is 3. The number of amides is 1. The van der Waals surface area contributed by atoms with Gasteiger partial charge in [-0.25, -0.2) is 17.6 Å². The predicted octanol–water partition coefficient (Wildman–Crippen LogP) is 9.42. The molecule has 0 aliphatic heterocycles. The van der Waals surface area contributed by atoms with Crippen LogP contribution in [0.5, 0.6) is 0 Å². The number of carbonyl (C=O) groups is 3. The molecule has 228 valence electrons. The third-order valence-electron chi connectivity index (χ3n) is 7.01. The van der Waals surface area contributed by atoms with E-state index in [1.165, 1.54) is 18.2 Å². The van der Waals surface area contributed by atoms with E-state index in [-0.39, 0.29) is 26.9 Å². The highest BCUT2D eigenvalue weighted by atomic mass is 35.5. The second-order valence-electron chi connectivity index (χ2n) is 10.4. The van der Waals surface area contributed by atoms with Gasteiger partial charge in [-0.2, -0.15) is 0 Å². The molecule has 43 heavy (non-hydrogen) atoms. The molecule has 0 spiro atoms. The van der Waals surface area contributed by atoms with Crippen molar-refractivity contribution in [2.45, 2.75) is 48.8 Å². The summed E-state index contributed by atoms with van der Waals surface area (Å²) in [5.74, 6) is -8.70. The van der Waals surface area contributed by atoms with Gasteiger partial charge in [-0.05, 0) is 54.4 Å². The molecule has 0 radical (unpaired) electrons. The van der Waals surface area contributed by atoms with Gasteiger partial charge >= 0.3 is 0 Å². The second kappa shape index (κ2) is 12.9. The first-order valence-electron chi connectivity index (χ1n) is 12.8. The number of rotatable bonds is 11. The van der Waals surface area contributed by atoms with E-state index in [2.05, 4.69) is 5.32 Å². The molecule has 1 aliphatic rings. The van der Waals surface area contributed by atoms with Gasteiger partial charge in [0.2, 0.25) is 11.8 Å². The zero-order valence-electron chi connectivity index (χ0n) is 22.2. The summed E-state index contributed by atoms with van der Waals surface area (Å²) in [6, 6.07) is 10.8. The number of carbonyl (C=O) groups excluding carboxylic acids is 3. The minimum absolute atomic E-state index is 0.00514. The van der Waals surface area contributed by atoms with Gasteiger partial charge in [-0.1, -0.05) is 46.9 Å². The normalized spacial score (nSPS) is 17.4. The maximum absolute atomic E-state index is 15.2. The summed E-state index contributed by atoms with van der Waals surface area (Å²) in [6.07, 6.45) is -2.63. The Bertz CT molecular complexity index is 1610. The van der Waals surface area contributed by atoms with Crippen LogP contribution in [0.3, 0.4) is 0 Å². The summed E-state index contributed by atoms with van der Waals surface area (Å²) >= 11 is 31.1. The maximum atomic E-state index is 15.2. The molecule has 0 unspecified atom stereocenters. The standard InChI is InChI=1S/C30H22Cl5F4NO3/c1-29(38,39)9-8-17(41)13-19-23(36)7-3-15(27(19)37)11-24(42)18-12-16(4-6-20(18)31)40-28(43)26-25(30(26,34)35)14-2-5-21(32)22(33)10-14/h2-7,10,12,25-26H,8-9,11,13H2,1H3,(H,40,43)/t25-,26+/m0/s1. The van der Waals surface area contributed by atoms with Crippen molar-refractivity contribution in [1.29, 1.82) is 0 Å². The Morgan fingerprint density at radius 1 is 0.907 bits per heavy atom. The molecule has 3 aromatic rings. The van der Waals surface area contributed by atoms with Crippen molar-refractivity contribution in [3.05, 3.63) is 97.5 Å². The lowest BCUT2D eigenvalue weighted by atomic mass is 9.97. The van der Waals surface area contributed by atoms with Crippen molar-refractivity contribution in [2.24, 2.45) is 5.92 Å². The number of alkyl halides is 4. The van der Waals surface area contributed by atoms with Gasteiger partial charge in [-0.3, -0.25) is 14.4 Å². The maximum Gasteiger partial charge on any atom is 0.245 e. The smallest absolute Gasteiger partial charge is 0.245 e. The van der Waals surface area contributed by atoms with E-state index < -0.39 is 82.4 Å². The van der Waals surface area contributed by atoms with Crippen LogP contribution in [0.2, 0.25) is 15.1 Å². The van der Waals surface area contributed by atoms with E-state index in [9.17, 15) is 27.6 Å². The van der Waals surface area contributed by atoms with Crippen LogP contribution in [0, 0.1) is 17.6 Å². The molecule has 13 heteroatoms.